The standard InChI is InChI=1S/C10H10FNO2/c11-8-1-2-9-6(4-8)3-7(5-12-9)10(13)14/h1-2,4,7,12H,3,5H2,(H,13,14)/t7-/m1/s1. The van der Waals surface area contributed by atoms with Crippen LogP contribution in [0.1, 0.15) is 5.56 Å². The predicted octanol–water partition coefficient (Wildman–Crippen LogP) is 1.49. The first-order chi connectivity index (χ1) is 6.66. The van der Waals surface area contributed by atoms with Crippen LogP contribution < -0.4 is 5.32 Å². The zero-order chi connectivity index (χ0) is 10.1. The fourth-order valence-corrected chi connectivity index (χ4v) is 1.65. The number of carboxylic acid groups (broad SMARTS) is 1. The number of hydrogen-bond acceptors (Lipinski definition) is 2. The molecule has 14 heavy (non-hydrogen) atoms. The van der Waals surface area contributed by atoms with Crippen molar-refractivity contribution in [1.29, 1.82) is 0 Å². The first kappa shape index (κ1) is 8.99. The maximum Gasteiger partial charge on any atom is 0.308 e. The number of anilines is 1. The van der Waals surface area contributed by atoms with Crippen LogP contribution in [0.3, 0.4) is 0 Å². The van der Waals surface area contributed by atoms with Crippen LogP contribution in [0, 0.1) is 11.7 Å². The summed E-state index contributed by atoms with van der Waals surface area (Å²) < 4.78 is 12.8. The molecule has 2 rings (SSSR count). The number of benzene rings is 1. The normalized spacial score (nSPS) is 19.6. The molecule has 4 heteroatoms. The molecule has 0 radical (unpaired) electrons. The van der Waals surface area contributed by atoms with E-state index in [4.69, 9.17) is 5.11 Å². The number of aliphatic carboxylic acids is 1. The Morgan fingerprint density at radius 2 is 2.36 bits per heavy atom. The third-order valence-corrected chi connectivity index (χ3v) is 2.42. The van der Waals surface area contributed by atoms with E-state index in [-0.39, 0.29) is 5.82 Å². The second kappa shape index (κ2) is 3.29. The van der Waals surface area contributed by atoms with Gasteiger partial charge in [-0.25, -0.2) is 4.39 Å². The second-order valence-electron chi connectivity index (χ2n) is 3.42. The molecule has 0 aliphatic carbocycles. The average Bonchev–Trinajstić information content (AvgIpc) is 2.16. The molecular formula is C10H10FNO2. The summed E-state index contributed by atoms with van der Waals surface area (Å²) in [6, 6.07) is 4.40. The van der Waals surface area contributed by atoms with Gasteiger partial charge in [-0.15, -0.1) is 0 Å². The van der Waals surface area contributed by atoms with Crippen molar-refractivity contribution in [2.45, 2.75) is 6.42 Å². The summed E-state index contributed by atoms with van der Waals surface area (Å²) in [7, 11) is 0. The molecule has 1 atom stereocenters. The Bertz CT molecular complexity index is 378. The van der Waals surface area contributed by atoms with E-state index in [1.165, 1.54) is 12.1 Å². The third-order valence-electron chi connectivity index (χ3n) is 2.42. The highest BCUT2D eigenvalue weighted by Crippen LogP contribution is 2.25. The zero-order valence-electron chi connectivity index (χ0n) is 7.46. The SMILES string of the molecule is O=C(O)[C@H]1CNc2ccc(F)cc2C1. The monoisotopic (exact) mass is 195 g/mol. The summed E-state index contributed by atoms with van der Waals surface area (Å²) in [5, 5.41) is 11.8. The summed E-state index contributed by atoms with van der Waals surface area (Å²) >= 11 is 0. The van der Waals surface area contributed by atoms with Crippen molar-refractivity contribution >= 4 is 11.7 Å². The van der Waals surface area contributed by atoms with Crippen LogP contribution in [0.5, 0.6) is 0 Å². The molecule has 0 aromatic heterocycles. The van der Waals surface area contributed by atoms with Gasteiger partial charge in [-0.05, 0) is 30.2 Å². The highest BCUT2D eigenvalue weighted by Gasteiger charge is 2.23. The van der Waals surface area contributed by atoms with Gasteiger partial charge in [0.25, 0.3) is 0 Å². The fourth-order valence-electron chi connectivity index (χ4n) is 1.65. The Balaban J connectivity index is 2.29. The second-order valence-corrected chi connectivity index (χ2v) is 3.42. The highest BCUT2D eigenvalue weighted by molar-refractivity contribution is 5.73. The van der Waals surface area contributed by atoms with Gasteiger partial charge >= 0.3 is 5.97 Å². The molecule has 0 saturated heterocycles. The number of carbonyl (C=O) groups is 1. The molecule has 0 unspecified atom stereocenters. The van der Waals surface area contributed by atoms with Crippen molar-refractivity contribution in [1.82, 2.24) is 0 Å². The van der Waals surface area contributed by atoms with Crippen molar-refractivity contribution < 1.29 is 14.3 Å². The number of nitrogens with one attached hydrogen (secondary N) is 1. The maximum atomic E-state index is 12.8. The van der Waals surface area contributed by atoms with E-state index >= 15 is 0 Å². The summed E-state index contributed by atoms with van der Waals surface area (Å²) in [5.41, 5.74) is 1.58. The number of halogens is 1. The molecule has 3 nitrogen and oxygen atoms in total. The van der Waals surface area contributed by atoms with Gasteiger partial charge in [0, 0.05) is 12.2 Å². The summed E-state index contributed by atoms with van der Waals surface area (Å²) in [4.78, 5) is 10.7. The quantitative estimate of drug-likeness (QED) is 0.713. The Morgan fingerprint density at radius 1 is 1.57 bits per heavy atom. The molecule has 1 heterocycles. The van der Waals surface area contributed by atoms with Crippen molar-refractivity contribution in [2.75, 3.05) is 11.9 Å². The lowest BCUT2D eigenvalue weighted by molar-refractivity contribution is -0.141. The minimum absolute atomic E-state index is 0.323. The Labute approximate surface area is 80.6 Å². The molecule has 1 aliphatic rings. The van der Waals surface area contributed by atoms with Crippen LogP contribution >= 0.6 is 0 Å². The summed E-state index contributed by atoms with van der Waals surface area (Å²) in [6.45, 7) is 0.411. The van der Waals surface area contributed by atoms with Crippen LogP contribution in [0.4, 0.5) is 10.1 Å². The first-order valence-electron chi connectivity index (χ1n) is 4.42. The van der Waals surface area contributed by atoms with E-state index in [9.17, 15) is 9.18 Å². The third kappa shape index (κ3) is 1.55. The van der Waals surface area contributed by atoms with Crippen LogP contribution in [0.15, 0.2) is 18.2 Å². The smallest absolute Gasteiger partial charge is 0.308 e. The van der Waals surface area contributed by atoms with Crippen molar-refractivity contribution in [3.05, 3.63) is 29.6 Å². The average molecular weight is 195 g/mol. The molecule has 74 valence electrons. The van der Waals surface area contributed by atoms with Crippen molar-refractivity contribution in [2.24, 2.45) is 5.92 Å². The van der Waals surface area contributed by atoms with E-state index in [0.717, 1.165) is 11.3 Å². The molecule has 0 spiro atoms. The van der Waals surface area contributed by atoms with E-state index < -0.39 is 11.9 Å². The lowest BCUT2D eigenvalue weighted by Crippen LogP contribution is -2.29. The van der Waals surface area contributed by atoms with Crippen molar-refractivity contribution in [3.63, 3.8) is 0 Å². The molecule has 1 aromatic carbocycles. The molecule has 0 bridgehead atoms. The maximum absolute atomic E-state index is 12.8. The van der Waals surface area contributed by atoms with Crippen LogP contribution in [-0.2, 0) is 11.2 Å². The van der Waals surface area contributed by atoms with Gasteiger partial charge in [0.2, 0.25) is 0 Å². The number of fused-ring (bicyclic) bond motifs is 1. The van der Waals surface area contributed by atoms with Crippen LogP contribution in [-0.4, -0.2) is 17.6 Å². The van der Waals surface area contributed by atoms with E-state index in [2.05, 4.69) is 5.32 Å². The Morgan fingerprint density at radius 3 is 3.07 bits per heavy atom. The van der Waals surface area contributed by atoms with Crippen LogP contribution in [0.2, 0.25) is 0 Å². The van der Waals surface area contributed by atoms with Gasteiger partial charge in [-0.3, -0.25) is 4.79 Å². The Kier molecular flexibility index (Phi) is 2.11. The van der Waals surface area contributed by atoms with Gasteiger partial charge in [0.05, 0.1) is 5.92 Å². The number of hydrogen-bond donors (Lipinski definition) is 2. The van der Waals surface area contributed by atoms with E-state index in [1.807, 2.05) is 0 Å². The largest absolute Gasteiger partial charge is 0.481 e. The van der Waals surface area contributed by atoms with E-state index in [0.29, 0.717) is 13.0 Å². The van der Waals surface area contributed by atoms with E-state index in [1.54, 1.807) is 6.07 Å². The lowest BCUT2D eigenvalue weighted by atomic mass is 9.94. The predicted molar refractivity (Wildman–Crippen MR) is 49.7 cm³/mol. The summed E-state index contributed by atoms with van der Waals surface area (Å²) in [5.74, 6) is -1.62. The number of rotatable bonds is 1. The minimum Gasteiger partial charge on any atom is -0.481 e. The molecule has 0 amide bonds. The highest BCUT2D eigenvalue weighted by atomic mass is 19.1. The van der Waals surface area contributed by atoms with Crippen molar-refractivity contribution in [3.8, 4) is 0 Å². The van der Waals surface area contributed by atoms with Gasteiger partial charge in [0.15, 0.2) is 0 Å². The molecule has 0 fully saturated rings. The molecule has 1 aromatic rings. The first-order valence-corrected chi connectivity index (χ1v) is 4.42. The number of carboxylic acids is 1. The molecular weight excluding hydrogens is 185 g/mol. The van der Waals surface area contributed by atoms with Gasteiger partial charge in [0.1, 0.15) is 5.82 Å². The lowest BCUT2D eigenvalue weighted by Gasteiger charge is -2.23. The fraction of sp³-hybridized carbons (Fsp3) is 0.300. The van der Waals surface area contributed by atoms with Crippen LogP contribution in [0.25, 0.3) is 0 Å². The van der Waals surface area contributed by atoms with Gasteiger partial charge in [-0.2, -0.15) is 0 Å². The molecule has 1 aliphatic heterocycles. The zero-order valence-corrected chi connectivity index (χ0v) is 7.46. The Hall–Kier alpha value is -1.58. The minimum atomic E-state index is -0.840. The van der Waals surface area contributed by atoms with Gasteiger partial charge in [-0.1, -0.05) is 0 Å². The topological polar surface area (TPSA) is 49.3 Å². The summed E-state index contributed by atoms with van der Waals surface area (Å²) in [6.07, 6.45) is 0.398. The molecule has 0 saturated carbocycles. The molecule has 2 N–H and O–H groups in total. The van der Waals surface area contributed by atoms with Gasteiger partial charge < -0.3 is 10.4 Å².